The van der Waals surface area contributed by atoms with E-state index in [2.05, 4.69) is 31.2 Å². The molecule has 0 radical (unpaired) electrons. The van der Waals surface area contributed by atoms with E-state index in [1.165, 1.54) is 75.3 Å². The predicted octanol–water partition coefficient (Wildman–Crippen LogP) is 10.3. The lowest BCUT2D eigenvalue weighted by molar-refractivity contribution is -0.0820. The summed E-state index contributed by atoms with van der Waals surface area (Å²) in [6.07, 6.45) is 11.7. The number of halogens is 4. The second-order valence-corrected chi connectivity index (χ2v) is 11.7. The van der Waals surface area contributed by atoms with Gasteiger partial charge in [-0.1, -0.05) is 69.7 Å². The van der Waals surface area contributed by atoms with Crippen LogP contribution in [0.1, 0.15) is 120 Å². The summed E-state index contributed by atoms with van der Waals surface area (Å²) in [5, 5.41) is 0. The fraction of sp³-hybridized carbons (Fsp3) is 0.733. The van der Waals surface area contributed by atoms with Crippen LogP contribution in [0, 0.1) is 23.7 Å². The molecule has 0 nitrogen and oxygen atoms in total. The first-order valence-corrected chi connectivity index (χ1v) is 13.8. The number of hydrogen-bond acceptors (Lipinski definition) is 0. The van der Waals surface area contributed by atoms with Crippen molar-refractivity contribution in [1.29, 1.82) is 0 Å². The van der Waals surface area contributed by atoms with Gasteiger partial charge in [-0.05, 0) is 92.1 Å². The van der Waals surface area contributed by atoms with Crippen LogP contribution in [0.3, 0.4) is 0 Å². The van der Waals surface area contributed by atoms with Crippen LogP contribution in [0.15, 0.2) is 36.2 Å². The molecule has 0 N–H and O–H groups in total. The summed E-state index contributed by atoms with van der Waals surface area (Å²) in [5.74, 6) is 2.27. The highest BCUT2D eigenvalue weighted by Crippen LogP contribution is 2.42. The minimum Gasteiger partial charge on any atom is -0.212 e. The summed E-state index contributed by atoms with van der Waals surface area (Å²) < 4.78 is 51.2. The van der Waals surface area contributed by atoms with Crippen molar-refractivity contribution < 1.29 is 17.6 Å². The van der Waals surface area contributed by atoms with Crippen molar-refractivity contribution in [1.82, 2.24) is 0 Å². The standard InChI is InChI=1S/C30H42F4/c1-21-2-4-22(5-3-21)6-7-23-8-10-24(11-9-23)25-12-14-26(15-13-25)27-16-18-28(19-17-27)29(31)20-30(32,33)34/h12-15,20-24,27-28H,2-11,16-19H2,1H3/b29-20-. The highest BCUT2D eigenvalue weighted by molar-refractivity contribution is 5.28. The molecule has 0 spiro atoms. The van der Waals surface area contributed by atoms with E-state index in [0.717, 1.165) is 30.6 Å². The van der Waals surface area contributed by atoms with Crippen LogP contribution in [0.4, 0.5) is 17.6 Å². The number of allylic oxidation sites excluding steroid dienone is 2. The van der Waals surface area contributed by atoms with Crippen LogP contribution in [0.25, 0.3) is 0 Å². The van der Waals surface area contributed by atoms with Gasteiger partial charge in [0.2, 0.25) is 0 Å². The Labute approximate surface area is 203 Å². The first-order valence-electron chi connectivity index (χ1n) is 13.8. The predicted molar refractivity (Wildman–Crippen MR) is 131 cm³/mol. The van der Waals surface area contributed by atoms with E-state index in [4.69, 9.17) is 0 Å². The van der Waals surface area contributed by atoms with Crippen LogP contribution in [0.5, 0.6) is 0 Å². The normalized spacial score (nSPS) is 33.6. The quantitative estimate of drug-likeness (QED) is 0.357. The Balaban J connectivity index is 1.20. The van der Waals surface area contributed by atoms with Gasteiger partial charge in [0, 0.05) is 5.92 Å². The summed E-state index contributed by atoms with van der Waals surface area (Å²) >= 11 is 0. The lowest BCUT2D eigenvalue weighted by Crippen LogP contribution is -2.17. The molecule has 4 heteroatoms. The van der Waals surface area contributed by atoms with Crippen molar-refractivity contribution >= 4 is 0 Å². The summed E-state index contributed by atoms with van der Waals surface area (Å²) in [6, 6.07) is 9.00. The van der Waals surface area contributed by atoms with Gasteiger partial charge in [-0.3, -0.25) is 0 Å². The Kier molecular flexibility index (Phi) is 8.80. The van der Waals surface area contributed by atoms with Crippen LogP contribution >= 0.6 is 0 Å². The molecule has 0 heterocycles. The van der Waals surface area contributed by atoms with Gasteiger partial charge in [-0.25, -0.2) is 4.39 Å². The molecule has 0 atom stereocenters. The van der Waals surface area contributed by atoms with Gasteiger partial charge >= 0.3 is 6.18 Å². The molecule has 34 heavy (non-hydrogen) atoms. The maximum atomic E-state index is 13.9. The van der Waals surface area contributed by atoms with E-state index in [1.807, 2.05) is 0 Å². The smallest absolute Gasteiger partial charge is 0.212 e. The average Bonchev–Trinajstić information content (AvgIpc) is 2.83. The number of alkyl halides is 3. The molecule has 4 rings (SSSR count). The molecule has 190 valence electrons. The fourth-order valence-electron chi connectivity index (χ4n) is 6.89. The molecule has 3 aliphatic rings. The molecular formula is C30H42F4. The van der Waals surface area contributed by atoms with Crippen molar-refractivity contribution in [2.24, 2.45) is 23.7 Å². The summed E-state index contributed by atoms with van der Waals surface area (Å²) in [4.78, 5) is 0. The molecule has 0 saturated heterocycles. The van der Waals surface area contributed by atoms with Crippen molar-refractivity contribution in [3.8, 4) is 0 Å². The van der Waals surface area contributed by atoms with Gasteiger partial charge in [0.05, 0.1) is 6.08 Å². The number of rotatable bonds is 6. The lowest BCUT2D eigenvalue weighted by atomic mass is 9.74. The average molecular weight is 479 g/mol. The Bertz CT molecular complexity index is 769. The van der Waals surface area contributed by atoms with Gasteiger partial charge in [-0.15, -0.1) is 0 Å². The molecule has 1 aromatic carbocycles. The minimum atomic E-state index is -4.57. The largest absolute Gasteiger partial charge is 0.412 e. The maximum absolute atomic E-state index is 13.9. The summed E-state index contributed by atoms with van der Waals surface area (Å²) in [5.41, 5.74) is 2.70. The molecule has 1 aromatic rings. The van der Waals surface area contributed by atoms with Crippen LogP contribution in [-0.2, 0) is 0 Å². The third-order valence-electron chi connectivity index (χ3n) is 9.26. The molecular weight excluding hydrogens is 436 g/mol. The van der Waals surface area contributed by atoms with Crippen molar-refractivity contribution in [3.05, 3.63) is 47.3 Å². The monoisotopic (exact) mass is 478 g/mol. The van der Waals surface area contributed by atoms with Crippen molar-refractivity contribution in [2.75, 3.05) is 0 Å². The van der Waals surface area contributed by atoms with E-state index < -0.39 is 17.9 Å². The van der Waals surface area contributed by atoms with E-state index in [-0.39, 0.29) is 6.08 Å². The Morgan fingerprint density at radius 2 is 1.12 bits per heavy atom. The molecule has 0 aromatic heterocycles. The van der Waals surface area contributed by atoms with E-state index >= 15 is 0 Å². The zero-order valence-corrected chi connectivity index (χ0v) is 20.8. The van der Waals surface area contributed by atoms with E-state index in [9.17, 15) is 17.6 Å². The van der Waals surface area contributed by atoms with Gasteiger partial charge in [0.1, 0.15) is 5.83 Å². The first-order chi connectivity index (χ1) is 16.3. The molecule has 0 unspecified atom stereocenters. The molecule has 3 fully saturated rings. The highest BCUT2D eigenvalue weighted by Gasteiger charge is 2.31. The topological polar surface area (TPSA) is 0 Å². The second-order valence-electron chi connectivity index (χ2n) is 11.7. The zero-order chi connectivity index (χ0) is 24.1. The van der Waals surface area contributed by atoms with Gasteiger partial charge in [-0.2, -0.15) is 13.2 Å². The third-order valence-corrected chi connectivity index (χ3v) is 9.26. The zero-order valence-electron chi connectivity index (χ0n) is 20.8. The van der Waals surface area contributed by atoms with Gasteiger partial charge < -0.3 is 0 Å². The second kappa shape index (κ2) is 11.6. The van der Waals surface area contributed by atoms with Crippen molar-refractivity contribution in [2.45, 2.75) is 115 Å². The molecule has 0 aliphatic heterocycles. The molecule has 3 aliphatic carbocycles. The first kappa shape index (κ1) is 25.8. The van der Waals surface area contributed by atoms with E-state index in [0.29, 0.717) is 24.7 Å². The third kappa shape index (κ3) is 7.34. The van der Waals surface area contributed by atoms with Crippen molar-refractivity contribution in [3.63, 3.8) is 0 Å². The SMILES string of the molecule is CC1CCC(CCC2CCC(c3ccc(C4CCC(/C(F)=C/C(F)(F)F)CC4)cc3)CC2)CC1. The van der Waals surface area contributed by atoms with E-state index in [1.54, 1.807) is 0 Å². The van der Waals surface area contributed by atoms with Crippen LogP contribution in [-0.4, -0.2) is 6.18 Å². The number of benzene rings is 1. The molecule has 0 amide bonds. The Hall–Kier alpha value is -1.32. The van der Waals surface area contributed by atoms with Gasteiger partial charge in [0.15, 0.2) is 0 Å². The van der Waals surface area contributed by atoms with Gasteiger partial charge in [0.25, 0.3) is 0 Å². The molecule has 3 saturated carbocycles. The number of hydrogen-bond donors (Lipinski definition) is 0. The van der Waals surface area contributed by atoms with Crippen LogP contribution < -0.4 is 0 Å². The lowest BCUT2D eigenvalue weighted by Gasteiger charge is -2.32. The fourth-order valence-corrected chi connectivity index (χ4v) is 6.89. The minimum absolute atomic E-state index is 0.155. The summed E-state index contributed by atoms with van der Waals surface area (Å²) in [6.45, 7) is 2.40. The van der Waals surface area contributed by atoms with Crippen LogP contribution in [0.2, 0.25) is 0 Å². The summed E-state index contributed by atoms with van der Waals surface area (Å²) in [7, 11) is 0. The highest BCUT2D eigenvalue weighted by atomic mass is 19.4. The Morgan fingerprint density at radius 3 is 1.56 bits per heavy atom. The molecule has 0 bridgehead atoms. The maximum Gasteiger partial charge on any atom is 0.412 e. The Morgan fingerprint density at radius 1 is 0.706 bits per heavy atom.